The van der Waals surface area contributed by atoms with E-state index in [1.165, 1.54) is 0 Å². The zero-order valence-electron chi connectivity index (χ0n) is 8.97. The predicted molar refractivity (Wildman–Crippen MR) is 51.7 cm³/mol. The molecule has 0 atom stereocenters. The minimum Gasteiger partial charge on any atom is -0.410 e. The molecular weight excluding hydrogens is 166 g/mol. The SMILES string of the molecule is CCC(C)(C)C1=NC(C)(C)C(=O)O1. The molecule has 1 rings (SSSR count). The van der Waals surface area contributed by atoms with E-state index in [9.17, 15) is 4.79 Å². The van der Waals surface area contributed by atoms with Crippen molar-refractivity contribution in [3.8, 4) is 0 Å². The maximum atomic E-state index is 11.3. The summed E-state index contributed by atoms with van der Waals surface area (Å²) < 4.78 is 5.14. The van der Waals surface area contributed by atoms with E-state index in [0.29, 0.717) is 5.90 Å². The van der Waals surface area contributed by atoms with Crippen LogP contribution in [-0.2, 0) is 9.53 Å². The van der Waals surface area contributed by atoms with Crippen LogP contribution in [-0.4, -0.2) is 17.4 Å². The number of cyclic esters (lactones) is 1. The van der Waals surface area contributed by atoms with Crippen LogP contribution in [0.25, 0.3) is 0 Å². The van der Waals surface area contributed by atoms with E-state index in [0.717, 1.165) is 6.42 Å². The third-order valence-electron chi connectivity index (χ3n) is 2.53. The lowest BCUT2D eigenvalue weighted by atomic mass is 9.90. The number of carbonyl (C=O) groups excluding carboxylic acids is 1. The van der Waals surface area contributed by atoms with E-state index in [1.54, 1.807) is 13.8 Å². The van der Waals surface area contributed by atoms with Crippen LogP contribution in [0.1, 0.15) is 41.0 Å². The summed E-state index contributed by atoms with van der Waals surface area (Å²) in [5.41, 5.74) is -0.828. The van der Waals surface area contributed by atoms with Crippen LogP contribution < -0.4 is 0 Å². The number of hydrogen-bond acceptors (Lipinski definition) is 3. The Kier molecular flexibility index (Phi) is 2.22. The van der Waals surface area contributed by atoms with Crippen molar-refractivity contribution in [2.75, 3.05) is 0 Å². The first-order valence-electron chi connectivity index (χ1n) is 4.62. The molecule has 0 bridgehead atoms. The fourth-order valence-electron chi connectivity index (χ4n) is 0.976. The molecule has 0 aliphatic carbocycles. The van der Waals surface area contributed by atoms with Crippen molar-refractivity contribution in [2.24, 2.45) is 10.4 Å². The molecule has 0 saturated heterocycles. The third kappa shape index (κ3) is 1.74. The molecule has 0 N–H and O–H groups in total. The molecule has 3 nitrogen and oxygen atoms in total. The lowest BCUT2D eigenvalue weighted by Gasteiger charge is -2.20. The topological polar surface area (TPSA) is 38.7 Å². The molecule has 0 radical (unpaired) electrons. The molecule has 0 fully saturated rings. The fraction of sp³-hybridized carbons (Fsp3) is 0.800. The first-order valence-corrected chi connectivity index (χ1v) is 4.62. The van der Waals surface area contributed by atoms with Crippen molar-refractivity contribution in [2.45, 2.75) is 46.6 Å². The molecule has 0 aromatic rings. The van der Waals surface area contributed by atoms with Crippen LogP contribution in [0.5, 0.6) is 0 Å². The van der Waals surface area contributed by atoms with Crippen molar-refractivity contribution in [3.05, 3.63) is 0 Å². The Morgan fingerprint density at radius 3 is 2.31 bits per heavy atom. The molecule has 0 aromatic carbocycles. The molecular formula is C10H17NO2. The first-order chi connectivity index (χ1) is 5.79. The van der Waals surface area contributed by atoms with Crippen molar-refractivity contribution in [1.82, 2.24) is 0 Å². The second-order valence-electron chi connectivity index (χ2n) is 4.60. The smallest absolute Gasteiger partial charge is 0.340 e. The van der Waals surface area contributed by atoms with Gasteiger partial charge < -0.3 is 4.74 Å². The summed E-state index contributed by atoms with van der Waals surface area (Å²) in [4.78, 5) is 15.6. The van der Waals surface area contributed by atoms with Crippen molar-refractivity contribution < 1.29 is 9.53 Å². The summed E-state index contributed by atoms with van der Waals surface area (Å²) in [7, 11) is 0. The zero-order chi connectivity index (χ0) is 10.3. The van der Waals surface area contributed by atoms with Gasteiger partial charge in [0.25, 0.3) is 0 Å². The number of esters is 1. The van der Waals surface area contributed by atoms with Gasteiger partial charge in [0.2, 0.25) is 0 Å². The van der Waals surface area contributed by atoms with Crippen LogP contribution in [0.15, 0.2) is 4.99 Å². The van der Waals surface area contributed by atoms with E-state index in [1.807, 2.05) is 13.8 Å². The van der Waals surface area contributed by atoms with Crippen LogP contribution in [0.3, 0.4) is 0 Å². The van der Waals surface area contributed by atoms with Gasteiger partial charge in [0.1, 0.15) is 0 Å². The van der Waals surface area contributed by atoms with Crippen molar-refractivity contribution in [1.29, 1.82) is 0 Å². The summed E-state index contributed by atoms with van der Waals surface area (Å²) in [6, 6.07) is 0. The Labute approximate surface area is 79.2 Å². The zero-order valence-corrected chi connectivity index (χ0v) is 8.97. The first kappa shape index (κ1) is 10.2. The van der Waals surface area contributed by atoms with Crippen LogP contribution in [0.4, 0.5) is 0 Å². The molecule has 1 aliphatic rings. The summed E-state index contributed by atoms with van der Waals surface area (Å²) in [6.45, 7) is 9.66. The number of hydrogen-bond donors (Lipinski definition) is 0. The largest absolute Gasteiger partial charge is 0.410 e. The van der Waals surface area contributed by atoms with E-state index in [2.05, 4.69) is 11.9 Å². The van der Waals surface area contributed by atoms with Gasteiger partial charge in [-0.3, -0.25) is 0 Å². The highest BCUT2D eigenvalue weighted by molar-refractivity contribution is 6.01. The molecule has 1 aliphatic heterocycles. The van der Waals surface area contributed by atoms with Gasteiger partial charge >= 0.3 is 5.97 Å². The standard InChI is InChI=1S/C10H17NO2/c1-6-9(2,3)7-11-10(4,5)8(12)13-7/h6H2,1-5H3. The van der Waals surface area contributed by atoms with Gasteiger partial charge in [0.05, 0.1) is 0 Å². The van der Waals surface area contributed by atoms with Crippen LogP contribution in [0, 0.1) is 5.41 Å². The second kappa shape index (κ2) is 2.82. The van der Waals surface area contributed by atoms with Crippen molar-refractivity contribution in [3.63, 3.8) is 0 Å². The number of carbonyl (C=O) groups is 1. The van der Waals surface area contributed by atoms with Crippen LogP contribution >= 0.6 is 0 Å². The average molecular weight is 183 g/mol. The van der Waals surface area contributed by atoms with E-state index >= 15 is 0 Å². The maximum absolute atomic E-state index is 11.3. The van der Waals surface area contributed by atoms with Gasteiger partial charge in [-0.25, -0.2) is 9.79 Å². The van der Waals surface area contributed by atoms with Gasteiger partial charge in [-0.15, -0.1) is 0 Å². The third-order valence-corrected chi connectivity index (χ3v) is 2.53. The van der Waals surface area contributed by atoms with E-state index in [4.69, 9.17) is 4.74 Å². The highest BCUT2D eigenvalue weighted by Crippen LogP contribution is 2.30. The number of aliphatic imine (C=N–C) groups is 1. The summed E-state index contributed by atoms with van der Waals surface area (Å²) in [5.74, 6) is 0.328. The van der Waals surface area contributed by atoms with E-state index in [-0.39, 0.29) is 11.4 Å². The summed E-state index contributed by atoms with van der Waals surface area (Å²) in [5, 5.41) is 0. The average Bonchev–Trinajstić information content (AvgIpc) is 2.28. The minimum absolute atomic E-state index is 0.135. The molecule has 0 amide bonds. The second-order valence-corrected chi connectivity index (χ2v) is 4.60. The monoisotopic (exact) mass is 183 g/mol. The number of ether oxygens (including phenoxy) is 1. The normalized spacial score (nSPS) is 21.3. The molecule has 74 valence electrons. The Bertz CT molecular complexity index is 264. The highest BCUT2D eigenvalue weighted by atomic mass is 16.6. The quantitative estimate of drug-likeness (QED) is 0.615. The van der Waals surface area contributed by atoms with Crippen LogP contribution in [0.2, 0.25) is 0 Å². The molecule has 0 saturated carbocycles. The Hall–Kier alpha value is -0.860. The molecule has 0 aromatic heterocycles. The summed E-state index contributed by atoms with van der Waals surface area (Å²) in [6.07, 6.45) is 0.912. The Morgan fingerprint density at radius 2 is 2.00 bits per heavy atom. The highest BCUT2D eigenvalue weighted by Gasteiger charge is 2.41. The Morgan fingerprint density at radius 1 is 1.46 bits per heavy atom. The number of rotatable bonds is 2. The van der Waals surface area contributed by atoms with Gasteiger partial charge in [0.15, 0.2) is 11.4 Å². The fourth-order valence-corrected chi connectivity index (χ4v) is 0.976. The maximum Gasteiger partial charge on any atom is 0.340 e. The predicted octanol–water partition coefficient (Wildman–Crippen LogP) is 2.16. The van der Waals surface area contributed by atoms with Gasteiger partial charge in [-0.1, -0.05) is 20.8 Å². The lowest BCUT2D eigenvalue weighted by Crippen LogP contribution is -2.26. The minimum atomic E-state index is -0.693. The molecule has 0 spiro atoms. The molecule has 0 unspecified atom stereocenters. The van der Waals surface area contributed by atoms with Crippen molar-refractivity contribution >= 4 is 11.9 Å². The van der Waals surface area contributed by atoms with Gasteiger partial charge in [-0.2, -0.15) is 0 Å². The molecule has 13 heavy (non-hydrogen) atoms. The Balaban J connectivity index is 2.94. The van der Waals surface area contributed by atoms with Gasteiger partial charge in [-0.05, 0) is 20.3 Å². The lowest BCUT2D eigenvalue weighted by molar-refractivity contribution is -0.138. The molecule has 3 heteroatoms. The van der Waals surface area contributed by atoms with E-state index < -0.39 is 5.54 Å². The summed E-state index contributed by atoms with van der Waals surface area (Å²) >= 11 is 0. The number of nitrogens with zero attached hydrogens (tertiary/aromatic N) is 1. The molecule has 1 heterocycles. The van der Waals surface area contributed by atoms with Gasteiger partial charge in [0, 0.05) is 5.41 Å².